The molecule has 2 aromatic carbocycles. The number of aliphatic imine (C=N–C) groups is 2. The van der Waals surface area contributed by atoms with Crippen LogP contribution in [0.4, 0.5) is 0 Å². The Morgan fingerprint density at radius 1 is 0.527 bits per heavy atom. The van der Waals surface area contributed by atoms with E-state index in [-0.39, 0.29) is 73.3 Å². The number of nitrogens with zero attached hydrogens (tertiary/aromatic N) is 3. The molecule has 0 aliphatic heterocycles. The number of carbonyl (C=O) groups excluding carboxylic acids is 9. The summed E-state index contributed by atoms with van der Waals surface area (Å²) in [6.45, 7) is -4.52. The summed E-state index contributed by atoms with van der Waals surface area (Å²) < 4.78 is 0. The maximum Gasteiger partial charge on any atom is 0.326 e. The fourth-order valence-corrected chi connectivity index (χ4v) is 6.18. The van der Waals surface area contributed by atoms with E-state index in [1.54, 1.807) is 0 Å². The molecule has 0 saturated carbocycles. The van der Waals surface area contributed by atoms with Crippen LogP contribution in [0.25, 0.3) is 0 Å². The van der Waals surface area contributed by atoms with E-state index < -0.39 is 152 Å². The fourth-order valence-electron chi connectivity index (χ4n) is 6.18. The Kier molecular flexibility index (Phi) is 25.7. The Labute approximate surface area is 420 Å². The molecule has 0 spiro atoms. The molecular weight excluding hydrogens is 987 g/mol. The number of aromatic hydroxyl groups is 4. The van der Waals surface area contributed by atoms with Gasteiger partial charge in [-0.05, 0) is 62.8 Å². The quantitative estimate of drug-likeness (QED) is 0.00833. The van der Waals surface area contributed by atoms with Crippen molar-refractivity contribution in [3.63, 3.8) is 0 Å². The minimum absolute atomic E-state index is 0.0536. The van der Waals surface area contributed by atoms with E-state index in [4.69, 9.17) is 22.9 Å². The van der Waals surface area contributed by atoms with Crippen LogP contribution in [0, 0.1) is 0 Å². The van der Waals surface area contributed by atoms with Gasteiger partial charge in [-0.3, -0.25) is 58.3 Å². The van der Waals surface area contributed by atoms with Crippen molar-refractivity contribution in [3.8, 4) is 23.0 Å². The van der Waals surface area contributed by atoms with Crippen molar-refractivity contribution >= 4 is 71.1 Å². The first-order chi connectivity index (χ1) is 34.9. The maximum absolute atomic E-state index is 13.0. The molecule has 0 radical (unpaired) electrons. The van der Waals surface area contributed by atoms with E-state index in [9.17, 15) is 83.8 Å². The van der Waals surface area contributed by atoms with Crippen LogP contribution in [0.2, 0.25) is 0 Å². The topological polar surface area (TPSA) is 541 Å². The highest BCUT2D eigenvalue weighted by atomic mass is 16.5. The second-order valence-corrected chi connectivity index (χ2v) is 15.7. The SMILES string of the molecule is NC(N)=NCCC[C@@H](NC(=O)c1cccc(O)c1O)C(=O)NCC(=O)NCC(=O)N[C@@H](CCCN(O)C(=O)[C@H](CO)NC(=O)CNC(=O)CNC(=O)[C@@H](CCCN=C(N)N)NC(=O)c1cccc(O)c1O)C(=O)O. The molecule has 32 heteroatoms. The Bertz CT molecular complexity index is 2400. The lowest BCUT2D eigenvalue weighted by molar-refractivity contribution is -0.169. The number of phenols is 4. The summed E-state index contributed by atoms with van der Waals surface area (Å²) in [5, 5.41) is 87.2. The summed E-state index contributed by atoms with van der Waals surface area (Å²) in [5.41, 5.74) is 20.5. The summed E-state index contributed by atoms with van der Waals surface area (Å²) in [7, 11) is 0. The minimum atomic E-state index is -1.76. The number of hydroxylamine groups is 2. The maximum atomic E-state index is 13.0. The summed E-state index contributed by atoms with van der Waals surface area (Å²) in [6, 6.07) is 1.18. The largest absolute Gasteiger partial charge is 0.504 e. The van der Waals surface area contributed by atoms with Gasteiger partial charge in [0.1, 0.15) is 24.2 Å². The van der Waals surface area contributed by atoms with Crippen LogP contribution in [0.15, 0.2) is 46.4 Å². The van der Waals surface area contributed by atoms with Gasteiger partial charge in [0.25, 0.3) is 17.7 Å². The van der Waals surface area contributed by atoms with Crippen molar-refractivity contribution in [1.29, 1.82) is 0 Å². The molecule has 2 aromatic rings. The number of amides is 9. The minimum Gasteiger partial charge on any atom is -0.504 e. The molecule has 2 rings (SSSR count). The highest BCUT2D eigenvalue weighted by Crippen LogP contribution is 2.29. The van der Waals surface area contributed by atoms with Crippen molar-refractivity contribution < 1.29 is 83.8 Å². The molecule has 23 N–H and O–H groups in total. The number of hydrogen-bond acceptors (Lipinski definition) is 18. The molecule has 0 aliphatic carbocycles. The molecule has 0 aliphatic rings. The number of carboxylic acid groups (broad SMARTS) is 1. The standard InChI is InChI=1S/C42H61N15O17/c43-41(44)47-13-3-8-23(55-35(67)21-6-1-11-27(59)33(21)65)37(69)51-16-29(61)49-18-31(63)53-25(40(72)73)10-5-15-57(74)39(71)26(20-58)54-32(64)19-50-30(62)17-52-38(70)24(9-4-14-48-42(45)46)56-36(68)22-7-2-12-28(60)34(22)66/h1-2,6-7,11-12,23-26,58-60,65-66,74H,3-5,8-10,13-20H2,(H,49,61)(H,50,62)(H,51,69)(H,52,70)(H,53,63)(H,54,64)(H,55,67)(H,56,68)(H,72,73)(H4,43,44,47)(H4,45,46,48)/t23-,24-,25+,26+/m1/s1. The smallest absolute Gasteiger partial charge is 0.326 e. The average molecular weight is 1050 g/mol. The zero-order valence-corrected chi connectivity index (χ0v) is 39.5. The molecule has 0 saturated heterocycles. The number of carbonyl (C=O) groups is 10. The van der Waals surface area contributed by atoms with Crippen molar-refractivity contribution in [3.05, 3.63) is 47.5 Å². The number of nitrogens with two attached hydrogens (primary N) is 4. The second-order valence-electron chi connectivity index (χ2n) is 15.7. The number of rotatable bonds is 31. The molecule has 4 atom stereocenters. The van der Waals surface area contributed by atoms with Gasteiger partial charge in [-0.2, -0.15) is 0 Å². The van der Waals surface area contributed by atoms with Crippen molar-refractivity contribution in [2.45, 2.75) is 62.7 Å². The summed E-state index contributed by atoms with van der Waals surface area (Å²) in [5.74, 6) is -13.5. The number of benzene rings is 2. The van der Waals surface area contributed by atoms with Gasteiger partial charge in [-0.25, -0.2) is 9.86 Å². The number of hydrogen-bond donors (Lipinski definition) is 19. The number of guanidine groups is 2. The monoisotopic (exact) mass is 1050 g/mol. The number of aliphatic hydroxyl groups is 1. The van der Waals surface area contributed by atoms with Crippen molar-refractivity contribution in [1.82, 2.24) is 47.6 Å². The van der Waals surface area contributed by atoms with Crippen LogP contribution in [-0.4, -0.2) is 189 Å². The lowest BCUT2D eigenvalue weighted by Gasteiger charge is -2.22. The fraction of sp³-hybridized carbons (Fsp3) is 0.429. The molecule has 0 fully saturated rings. The van der Waals surface area contributed by atoms with Crippen LogP contribution in [0.3, 0.4) is 0 Å². The Morgan fingerprint density at radius 3 is 1.31 bits per heavy atom. The lowest BCUT2D eigenvalue weighted by Crippen LogP contribution is -2.53. The van der Waals surface area contributed by atoms with Crippen molar-refractivity contribution in [2.75, 3.05) is 52.4 Å². The van der Waals surface area contributed by atoms with E-state index in [1.807, 2.05) is 0 Å². The van der Waals surface area contributed by atoms with Crippen LogP contribution in [0.5, 0.6) is 23.0 Å². The van der Waals surface area contributed by atoms with E-state index in [0.29, 0.717) is 0 Å². The van der Waals surface area contributed by atoms with E-state index >= 15 is 0 Å². The zero-order chi connectivity index (χ0) is 55.5. The molecule has 9 amide bonds. The third kappa shape index (κ3) is 21.8. The summed E-state index contributed by atoms with van der Waals surface area (Å²) in [6.07, 6.45) is -0.441. The Balaban J connectivity index is 1.84. The molecule has 32 nitrogen and oxygen atoms in total. The first-order valence-electron chi connectivity index (χ1n) is 22.2. The number of nitrogens with one attached hydrogen (secondary N) is 8. The van der Waals surface area contributed by atoms with Crippen molar-refractivity contribution in [2.24, 2.45) is 32.9 Å². The van der Waals surface area contributed by atoms with E-state index in [1.165, 1.54) is 24.3 Å². The highest BCUT2D eigenvalue weighted by Gasteiger charge is 2.28. The molecule has 406 valence electrons. The first kappa shape index (κ1) is 60.9. The van der Waals surface area contributed by atoms with Crippen LogP contribution in [-0.2, 0) is 38.4 Å². The molecule has 0 heterocycles. The normalized spacial score (nSPS) is 12.1. The van der Waals surface area contributed by atoms with E-state index in [0.717, 1.165) is 12.1 Å². The van der Waals surface area contributed by atoms with Crippen LogP contribution >= 0.6 is 0 Å². The molecule has 0 bridgehead atoms. The summed E-state index contributed by atoms with van der Waals surface area (Å²) >= 11 is 0. The molecular formula is C42H61N15O17. The highest BCUT2D eigenvalue weighted by molar-refractivity contribution is 6.02. The van der Waals surface area contributed by atoms with Gasteiger partial charge < -0.3 is 96.1 Å². The average Bonchev–Trinajstić information content (AvgIpc) is 3.35. The van der Waals surface area contributed by atoms with Gasteiger partial charge >= 0.3 is 5.97 Å². The van der Waals surface area contributed by atoms with Crippen LogP contribution < -0.4 is 65.5 Å². The molecule has 74 heavy (non-hydrogen) atoms. The van der Waals surface area contributed by atoms with Gasteiger partial charge in [0.2, 0.25) is 35.4 Å². The second kappa shape index (κ2) is 31.2. The van der Waals surface area contributed by atoms with Gasteiger partial charge in [0.15, 0.2) is 34.9 Å². The Hall–Kier alpha value is -9.20. The van der Waals surface area contributed by atoms with E-state index in [2.05, 4.69) is 52.5 Å². The molecule has 0 unspecified atom stereocenters. The number of aliphatic carboxylic acids is 1. The predicted octanol–water partition coefficient (Wildman–Crippen LogP) is -6.98. The third-order valence-electron chi connectivity index (χ3n) is 9.96. The Morgan fingerprint density at radius 2 is 0.919 bits per heavy atom. The number of phenolic OH excluding ortho intramolecular Hbond substituents is 4. The first-order valence-corrected chi connectivity index (χ1v) is 22.2. The van der Waals surface area contributed by atoms with Gasteiger partial charge in [-0.15, -0.1) is 0 Å². The summed E-state index contributed by atoms with van der Waals surface area (Å²) in [4.78, 5) is 134. The van der Waals surface area contributed by atoms with Gasteiger partial charge in [0, 0.05) is 19.6 Å². The van der Waals surface area contributed by atoms with Crippen LogP contribution in [0.1, 0.15) is 59.2 Å². The number of para-hydroxylation sites is 2. The lowest BCUT2D eigenvalue weighted by atomic mass is 10.1. The predicted molar refractivity (Wildman–Crippen MR) is 255 cm³/mol. The van der Waals surface area contributed by atoms with Gasteiger partial charge in [-0.1, -0.05) is 12.1 Å². The zero-order valence-electron chi connectivity index (χ0n) is 39.5. The number of carboxylic acids is 1. The van der Waals surface area contributed by atoms with Gasteiger partial charge in [0.05, 0.1) is 43.9 Å². The third-order valence-corrected chi connectivity index (χ3v) is 9.96. The molecule has 0 aromatic heterocycles. The number of aliphatic hydroxyl groups excluding tert-OH is 1.